The quantitative estimate of drug-likeness (QED) is 0.588. The zero-order valence-electron chi connectivity index (χ0n) is 14.6. The van der Waals surface area contributed by atoms with Crippen LogP contribution in [-0.4, -0.2) is 50.7 Å². The topological polar surface area (TPSA) is 89.7 Å². The van der Waals surface area contributed by atoms with E-state index in [0.29, 0.717) is 23.6 Å². The fourth-order valence-electron chi connectivity index (χ4n) is 4.31. The van der Waals surface area contributed by atoms with E-state index in [9.17, 15) is 13.2 Å². The first-order valence-corrected chi connectivity index (χ1v) is 10.6. The van der Waals surface area contributed by atoms with Crippen LogP contribution in [0.5, 0.6) is 0 Å². The van der Waals surface area contributed by atoms with Crippen LogP contribution in [0.2, 0.25) is 0 Å². The molecule has 0 aliphatic carbocycles. The van der Waals surface area contributed by atoms with Gasteiger partial charge in [-0.05, 0) is 55.7 Å². The SMILES string of the molecule is CS(=O)(=O)OCCCN1[C@@H]2CC[C@H]1C[C@@H](c1cccc(C(N)=O)c1)C2. The Morgan fingerprint density at radius 2 is 1.96 bits per heavy atom. The highest BCUT2D eigenvalue weighted by Gasteiger charge is 2.40. The van der Waals surface area contributed by atoms with Gasteiger partial charge in [0, 0.05) is 24.2 Å². The number of hydrogen-bond donors (Lipinski definition) is 1. The molecule has 1 aromatic rings. The number of rotatable bonds is 7. The second kappa shape index (κ2) is 7.43. The van der Waals surface area contributed by atoms with Crippen molar-refractivity contribution in [2.45, 2.75) is 50.1 Å². The molecule has 0 aromatic heterocycles. The van der Waals surface area contributed by atoms with Crippen molar-refractivity contribution in [2.24, 2.45) is 5.73 Å². The maximum atomic E-state index is 11.4. The molecule has 7 heteroatoms. The van der Waals surface area contributed by atoms with Crippen LogP contribution in [0.1, 0.15) is 53.9 Å². The Hall–Kier alpha value is -1.44. The van der Waals surface area contributed by atoms with Gasteiger partial charge >= 0.3 is 0 Å². The molecule has 2 bridgehead atoms. The summed E-state index contributed by atoms with van der Waals surface area (Å²) in [5.74, 6) is 0.0773. The molecule has 0 unspecified atom stereocenters. The van der Waals surface area contributed by atoms with E-state index in [4.69, 9.17) is 9.92 Å². The summed E-state index contributed by atoms with van der Waals surface area (Å²) < 4.78 is 26.9. The van der Waals surface area contributed by atoms with Crippen LogP contribution in [0.25, 0.3) is 0 Å². The highest BCUT2D eigenvalue weighted by molar-refractivity contribution is 7.85. The van der Waals surface area contributed by atoms with Gasteiger partial charge in [-0.25, -0.2) is 0 Å². The van der Waals surface area contributed by atoms with Crippen LogP contribution in [0.15, 0.2) is 24.3 Å². The summed E-state index contributed by atoms with van der Waals surface area (Å²) in [7, 11) is -3.35. The lowest BCUT2D eigenvalue weighted by Gasteiger charge is -2.39. The number of piperidine rings is 1. The number of nitrogens with two attached hydrogens (primary N) is 1. The van der Waals surface area contributed by atoms with Gasteiger partial charge in [-0.15, -0.1) is 0 Å². The molecule has 1 aromatic carbocycles. The molecular weight excluding hydrogens is 340 g/mol. The maximum absolute atomic E-state index is 11.4. The number of primary amides is 1. The normalized spacial score (nSPS) is 26.7. The summed E-state index contributed by atoms with van der Waals surface area (Å²) in [4.78, 5) is 13.9. The summed E-state index contributed by atoms with van der Waals surface area (Å²) in [5, 5.41) is 0. The molecule has 0 radical (unpaired) electrons. The molecule has 6 nitrogen and oxygen atoms in total. The Balaban J connectivity index is 1.58. The summed E-state index contributed by atoms with van der Waals surface area (Å²) >= 11 is 0. The molecule has 3 rings (SSSR count). The average Bonchev–Trinajstić information content (AvgIpc) is 2.78. The van der Waals surface area contributed by atoms with E-state index in [2.05, 4.69) is 11.0 Å². The second-order valence-electron chi connectivity index (χ2n) is 7.16. The second-order valence-corrected chi connectivity index (χ2v) is 8.80. The third-order valence-corrected chi connectivity index (χ3v) is 5.98. The van der Waals surface area contributed by atoms with Gasteiger partial charge < -0.3 is 5.73 Å². The minimum Gasteiger partial charge on any atom is -0.366 e. The van der Waals surface area contributed by atoms with Crippen molar-refractivity contribution in [1.82, 2.24) is 4.90 Å². The lowest BCUT2D eigenvalue weighted by molar-refractivity contribution is 0.1000. The Morgan fingerprint density at radius 1 is 1.28 bits per heavy atom. The third-order valence-electron chi connectivity index (χ3n) is 5.38. The Bertz CT molecular complexity index is 720. The van der Waals surface area contributed by atoms with Crippen LogP contribution in [0.4, 0.5) is 0 Å². The van der Waals surface area contributed by atoms with Crippen molar-refractivity contribution in [3.05, 3.63) is 35.4 Å². The molecule has 2 aliphatic heterocycles. The highest BCUT2D eigenvalue weighted by atomic mass is 32.2. The highest BCUT2D eigenvalue weighted by Crippen LogP contribution is 2.43. The molecule has 2 heterocycles. The lowest BCUT2D eigenvalue weighted by atomic mass is 9.84. The number of carbonyl (C=O) groups is 1. The van der Waals surface area contributed by atoms with Crippen molar-refractivity contribution in [1.29, 1.82) is 0 Å². The first-order valence-electron chi connectivity index (χ1n) is 8.83. The molecule has 2 fully saturated rings. The van der Waals surface area contributed by atoms with Crippen molar-refractivity contribution in [2.75, 3.05) is 19.4 Å². The molecule has 0 spiro atoms. The number of amides is 1. The molecule has 25 heavy (non-hydrogen) atoms. The van der Waals surface area contributed by atoms with E-state index in [1.54, 1.807) is 6.07 Å². The zero-order chi connectivity index (χ0) is 18.0. The van der Waals surface area contributed by atoms with Gasteiger partial charge in [0.05, 0.1) is 12.9 Å². The molecule has 2 N–H and O–H groups in total. The van der Waals surface area contributed by atoms with E-state index >= 15 is 0 Å². The summed E-state index contributed by atoms with van der Waals surface area (Å²) in [6.45, 7) is 1.12. The molecule has 2 saturated heterocycles. The smallest absolute Gasteiger partial charge is 0.264 e. The van der Waals surface area contributed by atoms with E-state index in [1.807, 2.05) is 12.1 Å². The molecular formula is C18H26N2O4S. The number of fused-ring (bicyclic) bond motifs is 2. The largest absolute Gasteiger partial charge is 0.366 e. The predicted molar refractivity (Wildman–Crippen MR) is 95.9 cm³/mol. The van der Waals surface area contributed by atoms with Crippen molar-refractivity contribution >= 4 is 16.0 Å². The molecule has 3 atom stereocenters. The predicted octanol–water partition coefficient (Wildman–Crippen LogP) is 1.86. The van der Waals surface area contributed by atoms with Gasteiger partial charge in [-0.1, -0.05) is 12.1 Å². The fourth-order valence-corrected chi connectivity index (χ4v) is 4.74. The zero-order valence-corrected chi connectivity index (χ0v) is 15.4. The fraction of sp³-hybridized carbons (Fsp3) is 0.611. The first-order chi connectivity index (χ1) is 11.8. The van der Waals surface area contributed by atoms with Gasteiger partial charge in [0.2, 0.25) is 5.91 Å². The summed E-state index contributed by atoms with van der Waals surface area (Å²) in [6.07, 6.45) is 6.33. The van der Waals surface area contributed by atoms with Crippen molar-refractivity contribution in [3.63, 3.8) is 0 Å². The summed E-state index contributed by atoms with van der Waals surface area (Å²) in [5.41, 5.74) is 7.17. The van der Waals surface area contributed by atoms with Gasteiger partial charge in [0.25, 0.3) is 10.1 Å². The van der Waals surface area contributed by atoms with Crippen LogP contribution >= 0.6 is 0 Å². The van der Waals surface area contributed by atoms with Crippen LogP contribution in [0, 0.1) is 0 Å². The third kappa shape index (κ3) is 4.59. The van der Waals surface area contributed by atoms with Gasteiger partial charge in [-0.3, -0.25) is 13.9 Å². The van der Waals surface area contributed by atoms with Gasteiger partial charge in [0.15, 0.2) is 0 Å². The number of hydrogen-bond acceptors (Lipinski definition) is 5. The van der Waals surface area contributed by atoms with Gasteiger partial charge in [-0.2, -0.15) is 8.42 Å². The molecule has 138 valence electrons. The average molecular weight is 366 g/mol. The van der Waals surface area contributed by atoms with Crippen molar-refractivity contribution < 1.29 is 17.4 Å². The van der Waals surface area contributed by atoms with Crippen LogP contribution in [-0.2, 0) is 14.3 Å². The number of benzene rings is 1. The Kier molecular flexibility index (Phi) is 5.46. The van der Waals surface area contributed by atoms with E-state index in [-0.39, 0.29) is 12.5 Å². The molecule has 0 saturated carbocycles. The first kappa shape index (κ1) is 18.4. The molecule has 1 amide bonds. The minimum atomic E-state index is -3.35. The lowest BCUT2D eigenvalue weighted by Crippen LogP contribution is -2.43. The van der Waals surface area contributed by atoms with Crippen LogP contribution in [0.3, 0.4) is 0 Å². The van der Waals surface area contributed by atoms with Crippen molar-refractivity contribution in [3.8, 4) is 0 Å². The Morgan fingerprint density at radius 3 is 2.56 bits per heavy atom. The summed E-state index contributed by atoms with van der Waals surface area (Å²) in [6, 6.07) is 8.75. The van der Waals surface area contributed by atoms with E-state index in [0.717, 1.165) is 32.1 Å². The number of nitrogens with zero attached hydrogens (tertiary/aromatic N) is 1. The Labute approximate surface area is 149 Å². The standard InChI is InChI=1S/C18H26N2O4S/c1-25(22,23)24-9-3-8-20-16-6-7-17(20)12-15(11-16)13-4-2-5-14(10-13)18(19)21/h2,4-5,10,15-17H,3,6-9,11-12H2,1H3,(H2,19,21)/t15-,16+,17-. The van der Waals surface area contributed by atoms with E-state index < -0.39 is 10.1 Å². The maximum Gasteiger partial charge on any atom is 0.264 e. The number of carbonyl (C=O) groups excluding carboxylic acids is 1. The van der Waals surface area contributed by atoms with Crippen LogP contribution < -0.4 is 5.73 Å². The van der Waals surface area contributed by atoms with Gasteiger partial charge in [0.1, 0.15) is 0 Å². The molecule has 2 aliphatic rings. The van der Waals surface area contributed by atoms with E-state index in [1.165, 1.54) is 18.4 Å². The minimum absolute atomic E-state index is 0.249. The monoisotopic (exact) mass is 366 g/mol.